The Bertz CT molecular complexity index is 241. The minimum Gasteiger partial charge on any atom is -0.380 e. The molecule has 0 fully saturated rings. The van der Waals surface area contributed by atoms with Gasteiger partial charge >= 0.3 is 0 Å². The van der Waals surface area contributed by atoms with Crippen molar-refractivity contribution in [2.75, 3.05) is 0 Å². The second kappa shape index (κ2) is 2.84. The Balaban J connectivity index is 3.02. The van der Waals surface area contributed by atoms with Crippen LogP contribution < -0.4 is 0 Å². The molecule has 1 aromatic rings. The number of hydrogen-bond acceptors (Lipinski definition) is 2. The van der Waals surface area contributed by atoms with Crippen LogP contribution in [0.1, 0.15) is 12.5 Å². The molecule has 0 spiro atoms. The highest BCUT2D eigenvalue weighted by Crippen LogP contribution is 2.16. The fourth-order valence-corrected chi connectivity index (χ4v) is 0.859. The minimum absolute atomic E-state index is 0.745. The molecule has 0 aliphatic heterocycles. The first-order valence-corrected chi connectivity index (χ1v) is 3.46. The van der Waals surface area contributed by atoms with Gasteiger partial charge in [-0.25, -0.2) is 0 Å². The minimum atomic E-state index is -1.12. The van der Waals surface area contributed by atoms with Gasteiger partial charge in [0.1, 0.15) is 5.60 Å². The zero-order chi connectivity index (χ0) is 8.32. The van der Waals surface area contributed by atoms with Gasteiger partial charge in [-0.2, -0.15) is 0 Å². The van der Waals surface area contributed by atoms with Gasteiger partial charge in [-0.15, -0.1) is 0 Å². The highest BCUT2D eigenvalue weighted by atomic mass is 16.3. The first-order chi connectivity index (χ1) is 5.17. The van der Waals surface area contributed by atoms with Gasteiger partial charge < -0.3 is 10.5 Å². The number of hydrogen-bond donors (Lipinski definition) is 2. The standard InChI is InChI=1S/C9H11NO/c1-9(11,7-10)8-5-3-2-4-6-8/h2-7,10-11H,1H3. The van der Waals surface area contributed by atoms with E-state index in [4.69, 9.17) is 5.41 Å². The van der Waals surface area contributed by atoms with E-state index in [1.165, 1.54) is 0 Å². The molecule has 0 amide bonds. The van der Waals surface area contributed by atoms with Crippen molar-refractivity contribution < 1.29 is 5.11 Å². The van der Waals surface area contributed by atoms with Gasteiger partial charge in [-0.3, -0.25) is 0 Å². The largest absolute Gasteiger partial charge is 0.380 e. The van der Waals surface area contributed by atoms with Crippen LogP contribution in [0.15, 0.2) is 30.3 Å². The summed E-state index contributed by atoms with van der Waals surface area (Å²) in [6.45, 7) is 1.59. The summed E-state index contributed by atoms with van der Waals surface area (Å²) in [6, 6.07) is 9.15. The molecule has 0 bridgehead atoms. The molecule has 2 nitrogen and oxygen atoms in total. The summed E-state index contributed by atoms with van der Waals surface area (Å²) in [4.78, 5) is 0. The molecule has 1 atom stereocenters. The Morgan fingerprint density at radius 2 is 1.91 bits per heavy atom. The van der Waals surface area contributed by atoms with Crippen molar-refractivity contribution in [3.8, 4) is 0 Å². The molecule has 0 aliphatic carbocycles. The summed E-state index contributed by atoms with van der Waals surface area (Å²) < 4.78 is 0. The third-order valence-electron chi connectivity index (χ3n) is 1.64. The Hall–Kier alpha value is -1.15. The van der Waals surface area contributed by atoms with E-state index in [9.17, 15) is 5.11 Å². The molecule has 0 radical (unpaired) electrons. The summed E-state index contributed by atoms with van der Waals surface area (Å²) in [5.41, 5.74) is -0.378. The summed E-state index contributed by atoms with van der Waals surface area (Å²) >= 11 is 0. The zero-order valence-electron chi connectivity index (χ0n) is 6.41. The van der Waals surface area contributed by atoms with Gasteiger partial charge in [0.05, 0.1) is 0 Å². The smallest absolute Gasteiger partial charge is 0.121 e. The molecule has 1 aromatic carbocycles. The van der Waals surface area contributed by atoms with Crippen LogP contribution in [0.25, 0.3) is 0 Å². The number of rotatable bonds is 2. The average Bonchev–Trinajstić information content (AvgIpc) is 2.06. The van der Waals surface area contributed by atoms with Crippen LogP contribution in [0.3, 0.4) is 0 Å². The van der Waals surface area contributed by atoms with Crippen molar-refractivity contribution in [2.24, 2.45) is 0 Å². The molecular formula is C9H11NO. The zero-order valence-corrected chi connectivity index (χ0v) is 6.41. The van der Waals surface area contributed by atoms with E-state index in [1.807, 2.05) is 18.2 Å². The lowest BCUT2D eigenvalue weighted by molar-refractivity contribution is 0.138. The third kappa shape index (κ3) is 1.65. The Morgan fingerprint density at radius 1 is 1.36 bits per heavy atom. The fourth-order valence-electron chi connectivity index (χ4n) is 0.859. The van der Waals surface area contributed by atoms with Crippen molar-refractivity contribution in [3.63, 3.8) is 0 Å². The molecule has 0 aliphatic rings. The van der Waals surface area contributed by atoms with Crippen LogP contribution in [0.5, 0.6) is 0 Å². The highest BCUT2D eigenvalue weighted by Gasteiger charge is 2.18. The highest BCUT2D eigenvalue weighted by molar-refractivity contribution is 5.67. The van der Waals surface area contributed by atoms with Crippen LogP contribution >= 0.6 is 0 Å². The van der Waals surface area contributed by atoms with Gasteiger partial charge in [0, 0.05) is 6.21 Å². The number of nitrogens with one attached hydrogen (secondary N) is 1. The maximum Gasteiger partial charge on any atom is 0.121 e. The van der Waals surface area contributed by atoms with E-state index < -0.39 is 5.60 Å². The summed E-state index contributed by atoms with van der Waals surface area (Å²) in [5.74, 6) is 0. The molecule has 2 N–H and O–H groups in total. The molecule has 0 saturated carbocycles. The fraction of sp³-hybridized carbons (Fsp3) is 0.222. The topological polar surface area (TPSA) is 44.1 Å². The normalized spacial score (nSPS) is 15.5. The molecule has 1 rings (SSSR count). The molecule has 0 saturated heterocycles. The van der Waals surface area contributed by atoms with Crippen LogP contribution in [-0.4, -0.2) is 11.3 Å². The van der Waals surface area contributed by atoms with E-state index >= 15 is 0 Å². The van der Waals surface area contributed by atoms with Gasteiger partial charge in [-0.1, -0.05) is 30.3 Å². The molecule has 0 aromatic heterocycles. The first-order valence-electron chi connectivity index (χ1n) is 3.46. The quantitative estimate of drug-likeness (QED) is 0.615. The van der Waals surface area contributed by atoms with Crippen LogP contribution in [0, 0.1) is 5.41 Å². The van der Waals surface area contributed by atoms with Gasteiger partial charge in [0.15, 0.2) is 0 Å². The molecule has 1 unspecified atom stereocenters. The van der Waals surface area contributed by atoms with Crippen LogP contribution in [-0.2, 0) is 5.60 Å². The van der Waals surface area contributed by atoms with Crippen molar-refractivity contribution in [1.82, 2.24) is 0 Å². The summed E-state index contributed by atoms with van der Waals surface area (Å²) in [7, 11) is 0. The maximum atomic E-state index is 9.55. The molecular weight excluding hydrogens is 138 g/mol. The second-order valence-electron chi connectivity index (χ2n) is 2.66. The van der Waals surface area contributed by atoms with E-state index in [2.05, 4.69) is 0 Å². The maximum absolute atomic E-state index is 9.55. The van der Waals surface area contributed by atoms with Gasteiger partial charge in [-0.05, 0) is 12.5 Å². The Kier molecular flexibility index (Phi) is 2.06. The monoisotopic (exact) mass is 149 g/mol. The Morgan fingerprint density at radius 3 is 2.36 bits per heavy atom. The van der Waals surface area contributed by atoms with E-state index in [0.29, 0.717) is 0 Å². The second-order valence-corrected chi connectivity index (χ2v) is 2.66. The molecule has 58 valence electrons. The predicted molar refractivity (Wildman–Crippen MR) is 44.8 cm³/mol. The summed E-state index contributed by atoms with van der Waals surface area (Å²) in [6.07, 6.45) is 1.03. The number of benzene rings is 1. The lowest BCUT2D eigenvalue weighted by Gasteiger charge is -2.16. The molecule has 2 heteroatoms. The van der Waals surface area contributed by atoms with Gasteiger partial charge in [0.2, 0.25) is 0 Å². The van der Waals surface area contributed by atoms with Gasteiger partial charge in [0.25, 0.3) is 0 Å². The van der Waals surface area contributed by atoms with Crippen molar-refractivity contribution in [3.05, 3.63) is 35.9 Å². The third-order valence-corrected chi connectivity index (χ3v) is 1.64. The summed E-state index contributed by atoms with van der Waals surface area (Å²) in [5, 5.41) is 16.5. The van der Waals surface area contributed by atoms with Crippen molar-refractivity contribution in [2.45, 2.75) is 12.5 Å². The molecule has 0 heterocycles. The first kappa shape index (κ1) is 7.95. The lowest BCUT2D eigenvalue weighted by atomic mass is 9.98. The van der Waals surface area contributed by atoms with E-state index in [-0.39, 0.29) is 0 Å². The van der Waals surface area contributed by atoms with E-state index in [1.54, 1.807) is 19.1 Å². The van der Waals surface area contributed by atoms with Crippen molar-refractivity contribution >= 4 is 6.21 Å². The van der Waals surface area contributed by atoms with Crippen LogP contribution in [0.4, 0.5) is 0 Å². The average molecular weight is 149 g/mol. The Labute approximate surface area is 66.0 Å². The van der Waals surface area contributed by atoms with E-state index in [0.717, 1.165) is 11.8 Å². The lowest BCUT2D eigenvalue weighted by Crippen LogP contribution is -2.21. The predicted octanol–water partition coefficient (Wildman–Crippen LogP) is 1.54. The SMILES string of the molecule is CC(O)(C=N)c1ccccc1. The van der Waals surface area contributed by atoms with Crippen molar-refractivity contribution in [1.29, 1.82) is 5.41 Å². The molecule has 11 heavy (non-hydrogen) atoms. The van der Waals surface area contributed by atoms with Crippen LogP contribution in [0.2, 0.25) is 0 Å². The number of aliphatic hydroxyl groups is 1.